The molecule has 108 valence electrons. The highest BCUT2D eigenvalue weighted by Gasteiger charge is 2.46. The van der Waals surface area contributed by atoms with E-state index in [2.05, 4.69) is 40.2 Å². The third-order valence-corrected chi connectivity index (χ3v) is 5.11. The first-order chi connectivity index (χ1) is 10.3. The predicted molar refractivity (Wildman–Crippen MR) is 82.7 cm³/mol. The first kappa shape index (κ1) is 13.0. The smallest absolute Gasteiger partial charge is 0.105 e. The molecule has 4 heterocycles. The highest BCUT2D eigenvalue weighted by Crippen LogP contribution is 2.42. The van der Waals surface area contributed by atoms with E-state index in [1.54, 1.807) is 6.20 Å². The van der Waals surface area contributed by atoms with E-state index in [4.69, 9.17) is 0 Å². The lowest BCUT2D eigenvalue weighted by molar-refractivity contribution is -0.117. The summed E-state index contributed by atoms with van der Waals surface area (Å²) in [5, 5.41) is 11.1. The Balaban J connectivity index is 1.65. The van der Waals surface area contributed by atoms with E-state index in [-0.39, 0.29) is 0 Å². The number of nitrogens with zero attached hydrogens (tertiary/aromatic N) is 2. The van der Waals surface area contributed by atoms with Gasteiger partial charge in [-0.3, -0.25) is 4.98 Å². The average Bonchev–Trinajstić information content (AvgIpc) is 2.57. The van der Waals surface area contributed by atoms with Gasteiger partial charge in [-0.2, -0.15) is 0 Å². The van der Waals surface area contributed by atoms with Crippen molar-refractivity contribution in [3.63, 3.8) is 0 Å². The van der Waals surface area contributed by atoms with E-state index >= 15 is 0 Å². The van der Waals surface area contributed by atoms with E-state index < -0.39 is 5.60 Å². The van der Waals surface area contributed by atoms with Gasteiger partial charge in [0.25, 0.3) is 0 Å². The molecule has 3 aliphatic rings. The van der Waals surface area contributed by atoms with Gasteiger partial charge < -0.3 is 10.0 Å². The van der Waals surface area contributed by atoms with Crippen molar-refractivity contribution < 1.29 is 5.11 Å². The molecule has 0 aliphatic carbocycles. The summed E-state index contributed by atoms with van der Waals surface area (Å²) in [4.78, 5) is 6.55. The van der Waals surface area contributed by atoms with Crippen LogP contribution in [-0.2, 0) is 5.60 Å². The Morgan fingerprint density at radius 1 is 1.05 bits per heavy atom. The van der Waals surface area contributed by atoms with Crippen LogP contribution in [0.25, 0.3) is 11.1 Å². The zero-order valence-corrected chi connectivity index (χ0v) is 12.1. The van der Waals surface area contributed by atoms with Crippen molar-refractivity contribution in [1.29, 1.82) is 0 Å². The topological polar surface area (TPSA) is 36.4 Å². The lowest BCUT2D eigenvalue weighted by Crippen LogP contribution is -2.57. The molecule has 3 fully saturated rings. The largest absolute Gasteiger partial charge is 0.384 e. The second-order valence-corrected chi connectivity index (χ2v) is 6.29. The van der Waals surface area contributed by atoms with E-state index in [0.717, 1.165) is 49.2 Å². The van der Waals surface area contributed by atoms with Crippen LogP contribution in [0.2, 0.25) is 0 Å². The summed E-state index contributed by atoms with van der Waals surface area (Å²) >= 11 is 0. The van der Waals surface area contributed by atoms with Crippen molar-refractivity contribution in [2.24, 2.45) is 5.92 Å². The Kier molecular flexibility index (Phi) is 3.05. The molecule has 2 aromatic rings. The lowest BCUT2D eigenvalue weighted by atomic mass is 9.71. The summed E-state index contributed by atoms with van der Waals surface area (Å²) in [7, 11) is 0. The van der Waals surface area contributed by atoms with Gasteiger partial charge in [-0.25, -0.2) is 0 Å². The molecule has 0 saturated carbocycles. The summed E-state index contributed by atoms with van der Waals surface area (Å²) in [5.41, 5.74) is 2.66. The van der Waals surface area contributed by atoms with Gasteiger partial charge in [-0.1, -0.05) is 30.3 Å². The van der Waals surface area contributed by atoms with Crippen LogP contribution in [0.3, 0.4) is 0 Å². The molecule has 3 saturated heterocycles. The van der Waals surface area contributed by atoms with Gasteiger partial charge in [0.05, 0.1) is 0 Å². The molecule has 2 bridgehead atoms. The molecule has 0 radical (unpaired) electrons. The normalized spacial score (nSPS) is 31.3. The molecule has 0 amide bonds. The number of piperidine rings is 3. The van der Waals surface area contributed by atoms with E-state index in [0.29, 0.717) is 5.92 Å². The molecular weight excluding hydrogens is 260 g/mol. The fourth-order valence-electron chi connectivity index (χ4n) is 3.85. The molecule has 5 rings (SSSR count). The van der Waals surface area contributed by atoms with Crippen molar-refractivity contribution in [3.05, 3.63) is 54.4 Å². The van der Waals surface area contributed by atoms with Gasteiger partial charge >= 0.3 is 0 Å². The number of aromatic nitrogens is 1. The van der Waals surface area contributed by atoms with Crippen LogP contribution in [0, 0.1) is 5.92 Å². The van der Waals surface area contributed by atoms with Crippen LogP contribution in [0.4, 0.5) is 0 Å². The predicted octanol–water partition coefficient (Wildman–Crippen LogP) is 2.66. The number of aliphatic hydroxyl groups is 1. The van der Waals surface area contributed by atoms with Crippen LogP contribution in [0.1, 0.15) is 18.4 Å². The average molecular weight is 280 g/mol. The van der Waals surface area contributed by atoms with Gasteiger partial charge in [0.2, 0.25) is 0 Å². The van der Waals surface area contributed by atoms with Crippen LogP contribution in [0.5, 0.6) is 0 Å². The summed E-state index contributed by atoms with van der Waals surface area (Å²) in [6, 6.07) is 12.4. The molecule has 1 atom stereocenters. The van der Waals surface area contributed by atoms with Crippen LogP contribution >= 0.6 is 0 Å². The number of hydrogen-bond acceptors (Lipinski definition) is 3. The lowest BCUT2D eigenvalue weighted by Gasteiger charge is -2.50. The van der Waals surface area contributed by atoms with Crippen molar-refractivity contribution in [2.75, 3.05) is 19.6 Å². The Hall–Kier alpha value is -1.71. The SMILES string of the molecule is O[C@]1(c2ccc(-c3cccnc3)cc2)CN2CCC1CC2. The number of hydrogen-bond donors (Lipinski definition) is 1. The van der Waals surface area contributed by atoms with E-state index in [9.17, 15) is 5.11 Å². The van der Waals surface area contributed by atoms with Gasteiger partial charge in [-0.05, 0) is 54.6 Å². The molecule has 0 unspecified atom stereocenters. The molecule has 1 aromatic heterocycles. The van der Waals surface area contributed by atoms with Gasteiger partial charge in [-0.15, -0.1) is 0 Å². The summed E-state index contributed by atoms with van der Waals surface area (Å²) in [6.45, 7) is 3.06. The number of rotatable bonds is 2. The quantitative estimate of drug-likeness (QED) is 0.919. The molecular formula is C18H20N2O. The minimum absolute atomic E-state index is 0.409. The minimum atomic E-state index is -0.663. The van der Waals surface area contributed by atoms with Crippen LogP contribution in [0.15, 0.2) is 48.8 Å². The maximum Gasteiger partial charge on any atom is 0.105 e. The fourth-order valence-corrected chi connectivity index (χ4v) is 3.85. The maximum absolute atomic E-state index is 11.1. The van der Waals surface area contributed by atoms with Crippen molar-refractivity contribution >= 4 is 0 Å². The van der Waals surface area contributed by atoms with E-state index in [1.165, 1.54) is 0 Å². The van der Waals surface area contributed by atoms with Crippen LogP contribution < -0.4 is 0 Å². The minimum Gasteiger partial charge on any atom is -0.384 e. The molecule has 1 aromatic carbocycles. The van der Waals surface area contributed by atoms with Crippen molar-refractivity contribution in [1.82, 2.24) is 9.88 Å². The molecule has 0 spiro atoms. The molecule has 3 nitrogen and oxygen atoms in total. The second kappa shape index (κ2) is 4.93. The van der Waals surface area contributed by atoms with Gasteiger partial charge in [0, 0.05) is 18.9 Å². The highest BCUT2D eigenvalue weighted by molar-refractivity contribution is 5.62. The zero-order chi connectivity index (χ0) is 14.3. The zero-order valence-electron chi connectivity index (χ0n) is 12.1. The third kappa shape index (κ3) is 2.17. The number of fused-ring (bicyclic) bond motifs is 3. The maximum atomic E-state index is 11.1. The summed E-state index contributed by atoms with van der Waals surface area (Å²) < 4.78 is 0. The monoisotopic (exact) mass is 280 g/mol. The Morgan fingerprint density at radius 3 is 2.38 bits per heavy atom. The molecule has 21 heavy (non-hydrogen) atoms. The van der Waals surface area contributed by atoms with Gasteiger partial charge in [0.15, 0.2) is 0 Å². The Bertz CT molecular complexity index is 617. The van der Waals surface area contributed by atoms with Crippen molar-refractivity contribution in [3.8, 4) is 11.1 Å². The third-order valence-electron chi connectivity index (χ3n) is 5.11. The first-order valence-corrected chi connectivity index (χ1v) is 7.71. The highest BCUT2D eigenvalue weighted by atomic mass is 16.3. The van der Waals surface area contributed by atoms with Crippen molar-refractivity contribution in [2.45, 2.75) is 18.4 Å². The first-order valence-electron chi connectivity index (χ1n) is 7.71. The summed E-state index contributed by atoms with van der Waals surface area (Å²) in [5.74, 6) is 0.409. The number of benzene rings is 1. The molecule has 3 aliphatic heterocycles. The van der Waals surface area contributed by atoms with E-state index in [1.807, 2.05) is 12.3 Å². The molecule has 3 heteroatoms. The Labute approximate surface area is 125 Å². The van der Waals surface area contributed by atoms with Crippen LogP contribution in [-0.4, -0.2) is 34.6 Å². The fraction of sp³-hybridized carbons (Fsp3) is 0.389. The standard InChI is InChI=1S/C18H20N2O/c21-18(13-20-10-7-17(18)8-11-20)16-5-3-14(4-6-16)15-2-1-9-19-12-15/h1-6,9,12,17,21H,7-8,10-11,13H2/t18-/m0/s1. The second-order valence-electron chi connectivity index (χ2n) is 6.29. The summed E-state index contributed by atoms with van der Waals surface area (Å²) in [6.07, 6.45) is 5.88. The number of pyridine rings is 1. The molecule has 1 N–H and O–H groups in total. The Morgan fingerprint density at radius 2 is 1.81 bits per heavy atom. The van der Waals surface area contributed by atoms with Gasteiger partial charge in [0.1, 0.15) is 5.60 Å².